The molecule has 2 aromatic heterocycles. The lowest BCUT2D eigenvalue weighted by Crippen LogP contribution is -2.08. The first-order valence-electron chi connectivity index (χ1n) is 6.99. The second-order valence-electron chi connectivity index (χ2n) is 4.78. The standard InChI is InChI=1S/C17H14N4OS/c1-12-20-14(11-23-12)7-8-16(22)21-15-9-18-17(19-10-15)13-5-3-2-4-6-13/h2-11H,1H3,(H,21,22)/b8-7+. The fourth-order valence-electron chi connectivity index (χ4n) is 1.93. The van der Waals surface area contributed by atoms with Crippen LogP contribution in [0.2, 0.25) is 0 Å². The molecular formula is C17H14N4OS. The van der Waals surface area contributed by atoms with Gasteiger partial charge in [-0.2, -0.15) is 0 Å². The van der Waals surface area contributed by atoms with Crippen LogP contribution in [0.3, 0.4) is 0 Å². The predicted octanol–water partition coefficient (Wildman–Crippen LogP) is 3.56. The van der Waals surface area contributed by atoms with Crippen LogP contribution >= 0.6 is 11.3 Å². The molecule has 0 saturated carbocycles. The zero-order valence-electron chi connectivity index (χ0n) is 12.4. The predicted molar refractivity (Wildman–Crippen MR) is 92.0 cm³/mol. The maximum atomic E-state index is 11.9. The first-order chi connectivity index (χ1) is 11.2. The van der Waals surface area contributed by atoms with Gasteiger partial charge in [0.05, 0.1) is 28.8 Å². The van der Waals surface area contributed by atoms with E-state index in [-0.39, 0.29) is 5.91 Å². The molecule has 0 aliphatic heterocycles. The third kappa shape index (κ3) is 4.08. The summed E-state index contributed by atoms with van der Waals surface area (Å²) in [6.45, 7) is 1.92. The molecule has 1 amide bonds. The Morgan fingerprint density at radius 2 is 1.91 bits per heavy atom. The van der Waals surface area contributed by atoms with Crippen molar-refractivity contribution in [3.8, 4) is 11.4 Å². The van der Waals surface area contributed by atoms with E-state index in [9.17, 15) is 4.79 Å². The molecule has 23 heavy (non-hydrogen) atoms. The zero-order valence-corrected chi connectivity index (χ0v) is 13.2. The highest BCUT2D eigenvalue weighted by molar-refractivity contribution is 7.09. The van der Waals surface area contributed by atoms with E-state index in [0.29, 0.717) is 11.5 Å². The first kappa shape index (κ1) is 15.1. The molecule has 0 aliphatic rings. The van der Waals surface area contributed by atoms with Gasteiger partial charge in [-0.15, -0.1) is 11.3 Å². The summed E-state index contributed by atoms with van der Waals surface area (Å²) in [5.74, 6) is 0.379. The fourth-order valence-corrected chi connectivity index (χ4v) is 2.51. The van der Waals surface area contributed by atoms with Crippen molar-refractivity contribution in [1.82, 2.24) is 15.0 Å². The number of nitrogens with zero attached hydrogens (tertiary/aromatic N) is 3. The maximum absolute atomic E-state index is 11.9. The van der Waals surface area contributed by atoms with E-state index in [4.69, 9.17) is 0 Å². The van der Waals surface area contributed by atoms with E-state index >= 15 is 0 Å². The summed E-state index contributed by atoms with van der Waals surface area (Å²) in [7, 11) is 0. The summed E-state index contributed by atoms with van der Waals surface area (Å²) >= 11 is 1.55. The van der Waals surface area contributed by atoms with Crippen LogP contribution in [0.25, 0.3) is 17.5 Å². The van der Waals surface area contributed by atoms with Crippen molar-refractivity contribution in [2.24, 2.45) is 0 Å². The maximum Gasteiger partial charge on any atom is 0.248 e. The van der Waals surface area contributed by atoms with E-state index in [1.165, 1.54) is 6.08 Å². The molecule has 0 atom stereocenters. The van der Waals surface area contributed by atoms with E-state index in [2.05, 4.69) is 20.3 Å². The Hall–Kier alpha value is -2.86. The SMILES string of the molecule is Cc1nc(/C=C/C(=O)Nc2cnc(-c3ccccc3)nc2)cs1. The van der Waals surface area contributed by atoms with Gasteiger partial charge in [-0.3, -0.25) is 4.79 Å². The van der Waals surface area contributed by atoms with Crippen molar-refractivity contribution in [1.29, 1.82) is 0 Å². The van der Waals surface area contributed by atoms with Gasteiger partial charge < -0.3 is 5.32 Å². The number of hydrogen-bond donors (Lipinski definition) is 1. The lowest BCUT2D eigenvalue weighted by atomic mass is 10.2. The third-order valence-corrected chi connectivity index (χ3v) is 3.79. The van der Waals surface area contributed by atoms with Gasteiger partial charge in [0, 0.05) is 17.0 Å². The number of amides is 1. The topological polar surface area (TPSA) is 67.8 Å². The van der Waals surface area contributed by atoms with Crippen molar-refractivity contribution < 1.29 is 4.79 Å². The van der Waals surface area contributed by atoms with E-state index < -0.39 is 0 Å². The average Bonchev–Trinajstić information content (AvgIpc) is 3.00. The number of anilines is 1. The van der Waals surface area contributed by atoms with Crippen LogP contribution in [-0.2, 0) is 4.79 Å². The molecule has 0 saturated heterocycles. The van der Waals surface area contributed by atoms with Gasteiger partial charge in [-0.05, 0) is 13.0 Å². The molecule has 1 N–H and O–H groups in total. The molecule has 0 bridgehead atoms. The van der Waals surface area contributed by atoms with E-state index in [0.717, 1.165) is 16.3 Å². The third-order valence-electron chi connectivity index (χ3n) is 2.99. The lowest BCUT2D eigenvalue weighted by Gasteiger charge is -2.03. The van der Waals surface area contributed by atoms with Crippen molar-refractivity contribution >= 4 is 29.0 Å². The van der Waals surface area contributed by atoms with E-state index in [1.54, 1.807) is 29.8 Å². The van der Waals surface area contributed by atoms with Gasteiger partial charge in [-0.1, -0.05) is 30.3 Å². The normalized spacial score (nSPS) is 10.8. The summed E-state index contributed by atoms with van der Waals surface area (Å²) in [4.78, 5) is 24.7. The van der Waals surface area contributed by atoms with Crippen LogP contribution < -0.4 is 5.32 Å². The van der Waals surface area contributed by atoms with E-state index in [1.807, 2.05) is 42.6 Å². The summed E-state index contributed by atoms with van der Waals surface area (Å²) in [6.07, 6.45) is 6.31. The van der Waals surface area contributed by atoms with Gasteiger partial charge in [0.15, 0.2) is 5.82 Å². The fraction of sp³-hybridized carbons (Fsp3) is 0.0588. The zero-order chi connectivity index (χ0) is 16.1. The minimum absolute atomic E-state index is 0.244. The number of thiazole rings is 1. The highest BCUT2D eigenvalue weighted by Gasteiger charge is 2.03. The molecule has 0 spiro atoms. The van der Waals surface area contributed by atoms with Crippen molar-refractivity contribution in [2.45, 2.75) is 6.92 Å². The number of benzene rings is 1. The smallest absolute Gasteiger partial charge is 0.248 e. The van der Waals surface area contributed by atoms with Gasteiger partial charge in [0.2, 0.25) is 5.91 Å². The monoisotopic (exact) mass is 322 g/mol. The second-order valence-corrected chi connectivity index (χ2v) is 5.84. The molecule has 2 heterocycles. The van der Waals surface area contributed by atoms with Crippen molar-refractivity contribution in [3.63, 3.8) is 0 Å². The highest BCUT2D eigenvalue weighted by Crippen LogP contribution is 2.15. The molecule has 114 valence electrons. The first-order valence-corrected chi connectivity index (χ1v) is 7.87. The Labute approximate surface area is 137 Å². The minimum atomic E-state index is -0.244. The number of aryl methyl sites for hydroxylation is 1. The summed E-state index contributed by atoms with van der Waals surface area (Å²) < 4.78 is 0. The largest absolute Gasteiger partial charge is 0.320 e. The van der Waals surface area contributed by atoms with Crippen LogP contribution in [0, 0.1) is 6.92 Å². The molecule has 0 unspecified atom stereocenters. The quantitative estimate of drug-likeness (QED) is 0.746. The van der Waals surface area contributed by atoms with Gasteiger partial charge in [0.25, 0.3) is 0 Å². The molecule has 0 fully saturated rings. The Morgan fingerprint density at radius 1 is 1.17 bits per heavy atom. The molecule has 0 aliphatic carbocycles. The molecular weight excluding hydrogens is 308 g/mol. The average molecular weight is 322 g/mol. The summed E-state index contributed by atoms with van der Waals surface area (Å²) in [5.41, 5.74) is 2.26. The number of rotatable bonds is 4. The lowest BCUT2D eigenvalue weighted by molar-refractivity contribution is -0.111. The van der Waals surface area contributed by atoms with Crippen LogP contribution in [-0.4, -0.2) is 20.9 Å². The second kappa shape index (κ2) is 6.93. The van der Waals surface area contributed by atoms with Gasteiger partial charge in [-0.25, -0.2) is 15.0 Å². The molecule has 1 aromatic carbocycles. The van der Waals surface area contributed by atoms with Crippen LogP contribution in [0.1, 0.15) is 10.7 Å². The Balaban J connectivity index is 1.64. The molecule has 5 nitrogen and oxygen atoms in total. The molecule has 6 heteroatoms. The minimum Gasteiger partial charge on any atom is -0.320 e. The highest BCUT2D eigenvalue weighted by atomic mass is 32.1. The number of carbonyl (C=O) groups is 1. The van der Waals surface area contributed by atoms with Gasteiger partial charge >= 0.3 is 0 Å². The van der Waals surface area contributed by atoms with Crippen LogP contribution in [0.5, 0.6) is 0 Å². The Bertz CT molecular complexity index is 825. The molecule has 3 aromatic rings. The van der Waals surface area contributed by atoms with Gasteiger partial charge in [0.1, 0.15) is 0 Å². The summed E-state index contributed by atoms with van der Waals surface area (Å²) in [6, 6.07) is 9.67. The van der Waals surface area contributed by atoms with Crippen molar-refractivity contribution in [2.75, 3.05) is 5.32 Å². The number of carbonyl (C=O) groups excluding carboxylic acids is 1. The number of hydrogen-bond acceptors (Lipinski definition) is 5. The van der Waals surface area contributed by atoms with Crippen LogP contribution in [0.15, 0.2) is 54.2 Å². The molecule has 0 radical (unpaired) electrons. The van der Waals surface area contributed by atoms with Crippen LogP contribution in [0.4, 0.5) is 5.69 Å². The Morgan fingerprint density at radius 3 is 2.57 bits per heavy atom. The molecule has 3 rings (SSSR count). The van der Waals surface area contributed by atoms with Crippen molar-refractivity contribution in [3.05, 3.63) is 64.9 Å². The summed E-state index contributed by atoms with van der Waals surface area (Å²) in [5, 5.41) is 5.59. The number of aromatic nitrogens is 3. The number of nitrogens with one attached hydrogen (secondary N) is 1. The Kier molecular flexibility index (Phi) is 4.54.